The molecule has 2 rings (SSSR count). The van der Waals surface area contributed by atoms with E-state index >= 15 is 0 Å². The van der Waals surface area contributed by atoms with Gasteiger partial charge in [0.2, 0.25) is 0 Å². The maximum Gasteiger partial charge on any atom is 0.490 e. The van der Waals surface area contributed by atoms with Crippen LogP contribution in [0.4, 0.5) is 0 Å². The van der Waals surface area contributed by atoms with E-state index < -0.39 is 0 Å². The molecule has 0 saturated carbocycles. The van der Waals surface area contributed by atoms with Crippen molar-refractivity contribution in [3.05, 3.63) is 11.5 Å². The Labute approximate surface area is 141 Å². The van der Waals surface area contributed by atoms with Crippen LogP contribution in [0.25, 0.3) is 0 Å². The SMILES string of the molecule is CCCCOCC1(C=O)CC=C(B2OC(C)(C)C(C)(C)O2)CC1. The van der Waals surface area contributed by atoms with Crippen molar-refractivity contribution < 1.29 is 18.8 Å². The van der Waals surface area contributed by atoms with Gasteiger partial charge in [0.05, 0.1) is 23.2 Å². The summed E-state index contributed by atoms with van der Waals surface area (Å²) in [6.07, 6.45) is 7.71. The second-order valence-corrected chi connectivity index (χ2v) is 7.96. The molecule has 2 aliphatic rings. The normalized spacial score (nSPS) is 29.4. The number of allylic oxidation sites excluding steroid dienone is 2. The van der Waals surface area contributed by atoms with Gasteiger partial charge in [-0.15, -0.1) is 0 Å². The van der Waals surface area contributed by atoms with Crippen molar-refractivity contribution in [1.82, 2.24) is 0 Å². The van der Waals surface area contributed by atoms with E-state index in [0.29, 0.717) is 13.0 Å². The van der Waals surface area contributed by atoms with Crippen LogP contribution in [0.15, 0.2) is 11.5 Å². The minimum absolute atomic E-state index is 0.286. The number of hydrogen-bond acceptors (Lipinski definition) is 4. The Balaban J connectivity index is 1.96. The minimum atomic E-state index is -0.374. The molecule has 4 nitrogen and oxygen atoms in total. The molecule has 1 atom stereocenters. The highest BCUT2D eigenvalue weighted by molar-refractivity contribution is 6.54. The van der Waals surface area contributed by atoms with Crippen LogP contribution < -0.4 is 0 Å². The summed E-state index contributed by atoms with van der Waals surface area (Å²) in [7, 11) is -0.286. The first-order chi connectivity index (χ1) is 10.8. The molecule has 0 aromatic heterocycles. The molecule has 0 N–H and O–H groups in total. The Bertz CT molecular complexity index is 442. The number of aldehydes is 1. The van der Waals surface area contributed by atoms with Gasteiger partial charge in [0.15, 0.2) is 0 Å². The van der Waals surface area contributed by atoms with Crippen LogP contribution in [0.1, 0.15) is 66.7 Å². The zero-order valence-corrected chi connectivity index (χ0v) is 15.3. The summed E-state index contributed by atoms with van der Waals surface area (Å²) in [5.74, 6) is 0. The van der Waals surface area contributed by atoms with E-state index in [0.717, 1.165) is 44.0 Å². The van der Waals surface area contributed by atoms with Crippen molar-refractivity contribution in [2.45, 2.75) is 77.9 Å². The van der Waals surface area contributed by atoms with Crippen LogP contribution in [-0.2, 0) is 18.8 Å². The van der Waals surface area contributed by atoms with E-state index in [9.17, 15) is 4.79 Å². The smallest absolute Gasteiger partial charge is 0.400 e. The zero-order chi connectivity index (χ0) is 17.1. The third-order valence-corrected chi connectivity index (χ3v) is 5.52. The van der Waals surface area contributed by atoms with Gasteiger partial charge in [-0.25, -0.2) is 0 Å². The standard InChI is InChI=1S/C18H31BO4/c1-6-7-12-21-14-18(13-20)10-8-15(9-11-18)19-22-16(2,3)17(4,5)23-19/h8,13H,6-7,9-12,14H2,1-5H3. The Morgan fingerprint density at radius 2 is 1.91 bits per heavy atom. The molecule has 0 bridgehead atoms. The average molecular weight is 322 g/mol. The third kappa shape index (κ3) is 4.07. The van der Waals surface area contributed by atoms with Gasteiger partial charge in [-0.2, -0.15) is 0 Å². The van der Waals surface area contributed by atoms with Crippen LogP contribution >= 0.6 is 0 Å². The maximum absolute atomic E-state index is 11.6. The third-order valence-electron chi connectivity index (χ3n) is 5.52. The molecule has 1 aliphatic heterocycles. The van der Waals surface area contributed by atoms with E-state index in [1.165, 1.54) is 0 Å². The summed E-state index contributed by atoms with van der Waals surface area (Å²) in [4.78, 5) is 11.6. The predicted molar refractivity (Wildman–Crippen MR) is 92.2 cm³/mol. The fraction of sp³-hybridized carbons (Fsp3) is 0.833. The molecule has 1 heterocycles. The van der Waals surface area contributed by atoms with E-state index in [-0.39, 0.29) is 23.7 Å². The molecule has 1 unspecified atom stereocenters. The molecule has 1 fully saturated rings. The van der Waals surface area contributed by atoms with E-state index in [2.05, 4.69) is 40.7 Å². The number of carbonyl (C=O) groups is 1. The summed E-state index contributed by atoms with van der Waals surface area (Å²) in [5.41, 5.74) is 0.151. The first-order valence-electron chi connectivity index (χ1n) is 8.84. The van der Waals surface area contributed by atoms with Crippen molar-refractivity contribution in [2.24, 2.45) is 5.41 Å². The highest BCUT2D eigenvalue weighted by Gasteiger charge is 2.52. The van der Waals surface area contributed by atoms with Crippen LogP contribution in [0.2, 0.25) is 0 Å². The summed E-state index contributed by atoms with van der Waals surface area (Å²) in [5, 5.41) is 0. The van der Waals surface area contributed by atoms with Crippen molar-refractivity contribution in [3.63, 3.8) is 0 Å². The zero-order valence-electron chi connectivity index (χ0n) is 15.3. The molecular weight excluding hydrogens is 291 g/mol. The van der Waals surface area contributed by atoms with Crippen LogP contribution in [0.3, 0.4) is 0 Å². The number of rotatable bonds is 7. The quantitative estimate of drug-likeness (QED) is 0.407. The van der Waals surface area contributed by atoms with E-state index in [1.54, 1.807) is 0 Å². The van der Waals surface area contributed by atoms with Gasteiger partial charge in [-0.05, 0) is 58.9 Å². The molecule has 5 heteroatoms. The van der Waals surface area contributed by atoms with Crippen LogP contribution in [0, 0.1) is 5.41 Å². The highest BCUT2D eigenvalue weighted by Crippen LogP contribution is 2.42. The lowest BCUT2D eigenvalue weighted by Gasteiger charge is -2.32. The Morgan fingerprint density at radius 1 is 1.26 bits per heavy atom. The van der Waals surface area contributed by atoms with Gasteiger partial charge in [-0.1, -0.05) is 19.4 Å². The predicted octanol–water partition coefficient (Wildman–Crippen LogP) is 3.73. The minimum Gasteiger partial charge on any atom is -0.400 e. The highest BCUT2D eigenvalue weighted by atomic mass is 16.7. The number of ether oxygens (including phenoxy) is 1. The van der Waals surface area contributed by atoms with Crippen molar-refractivity contribution in [1.29, 1.82) is 0 Å². The topological polar surface area (TPSA) is 44.8 Å². The molecular formula is C18H31BO4. The Kier molecular flexibility index (Phi) is 5.75. The summed E-state index contributed by atoms with van der Waals surface area (Å²) >= 11 is 0. The van der Waals surface area contributed by atoms with Gasteiger partial charge >= 0.3 is 7.12 Å². The van der Waals surface area contributed by atoms with Crippen LogP contribution in [-0.4, -0.2) is 37.8 Å². The van der Waals surface area contributed by atoms with E-state index in [1.807, 2.05) is 0 Å². The Hall–Kier alpha value is -0.645. The van der Waals surface area contributed by atoms with E-state index in [4.69, 9.17) is 14.0 Å². The van der Waals surface area contributed by atoms with Gasteiger partial charge in [0.1, 0.15) is 6.29 Å². The first-order valence-corrected chi connectivity index (χ1v) is 8.84. The molecule has 23 heavy (non-hydrogen) atoms. The summed E-state index contributed by atoms with van der Waals surface area (Å²) in [6, 6.07) is 0. The fourth-order valence-electron chi connectivity index (χ4n) is 2.93. The van der Waals surface area contributed by atoms with Crippen molar-refractivity contribution in [3.8, 4) is 0 Å². The monoisotopic (exact) mass is 322 g/mol. The molecule has 0 spiro atoms. The summed E-state index contributed by atoms with van der Waals surface area (Å²) in [6.45, 7) is 11.6. The first kappa shape index (κ1) is 18.7. The van der Waals surface area contributed by atoms with Gasteiger partial charge in [0, 0.05) is 6.61 Å². The number of carbonyl (C=O) groups excluding carboxylic acids is 1. The summed E-state index contributed by atoms with van der Waals surface area (Å²) < 4.78 is 17.9. The van der Waals surface area contributed by atoms with Gasteiger partial charge in [0.25, 0.3) is 0 Å². The molecule has 1 saturated heterocycles. The lowest BCUT2D eigenvalue weighted by Crippen LogP contribution is -2.41. The Morgan fingerprint density at radius 3 is 2.39 bits per heavy atom. The lowest BCUT2D eigenvalue weighted by molar-refractivity contribution is -0.120. The molecule has 1 aliphatic carbocycles. The average Bonchev–Trinajstić information content (AvgIpc) is 2.72. The second kappa shape index (κ2) is 7.08. The molecule has 130 valence electrons. The fourth-order valence-corrected chi connectivity index (χ4v) is 2.93. The maximum atomic E-state index is 11.6. The van der Waals surface area contributed by atoms with Gasteiger partial charge < -0.3 is 18.8 Å². The molecule has 0 radical (unpaired) electrons. The molecule has 0 aromatic carbocycles. The van der Waals surface area contributed by atoms with Crippen molar-refractivity contribution >= 4 is 13.4 Å². The van der Waals surface area contributed by atoms with Gasteiger partial charge in [-0.3, -0.25) is 0 Å². The second-order valence-electron chi connectivity index (χ2n) is 7.96. The van der Waals surface area contributed by atoms with Crippen molar-refractivity contribution in [2.75, 3.05) is 13.2 Å². The molecule has 0 amide bonds. The lowest BCUT2D eigenvalue weighted by atomic mass is 9.66. The number of unbranched alkanes of at least 4 members (excludes halogenated alkanes) is 1. The van der Waals surface area contributed by atoms with Crippen LogP contribution in [0.5, 0.6) is 0 Å². The largest absolute Gasteiger partial charge is 0.490 e. The number of hydrogen-bond donors (Lipinski definition) is 0. The molecule has 0 aromatic rings.